The van der Waals surface area contributed by atoms with Crippen LogP contribution in [0.4, 0.5) is 5.69 Å². The van der Waals surface area contributed by atoms with Crippen LogP contribution in [0.1, 0.15) is 5.56 Å². The van der Waals surface area contributed by atoms with Crippen molar-refractivity contribution in [1.82, 2.24) is 5.43 Å². The first kappa shape index (κ1) is 10.9. The number of rotatable bonds is 3. The van der Waals surface area contributed by atoms with Crippen LogP contribution < -0.4 is 10.5 Å². The number of anilines is 1. The fourth-order valence-electron chi connectivity index (χ4n) is 1.33. The lowest BCUT2D eigenvalue weighted by Gasteiger charge is -2.20. The fourth-order valence-corrected chi connectivity index (χ4v) is 1.33. The Labute approximate surface area is 98.3 Å². The number of hydrazine groups is 1. The molecule has 1 aromatic rings. The Balaban J connectivity index is 2.10. The van der Waals surface area contributed by atoms with Gasteiger partial charge in [-0.1, -0.05) is 12.1 Å². The summed E-state index contributed by atoms with van der Waals surface area (Å²) >= 11 is 0. The molecule has 0 atom stereocenters. The van der Waals surface area contributed by atoms with Crippen molar-refractivity contribution in [2.45, 2.75) is 0 Å². The molecule has 2 N–H and O–H groups in total. The molecular weight excluding hydrogens is 218 g/mol. The summed E-state index contributed by atoms with van der Waals surface area (Å²) < 4.78 is 0. The normalized spacial score (nSPS) is 14.0. The molecule has 0 radical (unpaired) electrons. The summed E-state index contributed by atoms with van der Waals surface area (Å²) in [5.41, 5.74) is 4.65. The number of hydrogen-bond acceptors (Lipinski definition) is 4. The van der Waals surface area contributed by atoms with Crippen molar-refractivity contribution in [1.29, 1.82) is 0 Å². The van der Waals surface area contributed by atoms with Crippen molar-refractivity contribution in [2.24, 2.45) is 5.10 Å². The largest absolute Gasteiger partial charge is 0.478 e. The Kier molecular flexibility index (Phi) is 3.20. The van der Waals surface area contributed by atoms with Gasteiger partial charge in [0, 0.05) is 12.3 Å². The van der Waals surface area contributed by atoms with Gasteiger partial charge in [0.25, 0.3) is 0 Å². The average molecular weight is 229 g/mol. The topological polar surface area (TPSA) is 64.9 Å². The number of aliphatic carboxylic acids is 1. The molecule has 0 bridgehead atoms. The maximum Gasteiger partial charge on any atom is 0.328 e. The molecule has 86 valence electrons. The highest BCUT2D eigenvalue weighted by atomic mass is 16.4. The van der Waals surface area contributed by atoms with Crippen molar-refractivity contribution >= 4 is 23.9 Å². The molecule has 17 heavy (non-hydrogen) atoms. The molecule has 2 rings (SSSR count). The molecule has 0 saturated carbocycles. The van der Waals surface area contributed by atoms with E-state index in [-0.39, 0.29) is 0 Å². The summed E-state index contributed by atoms with van der Waals surface area (Å²) in [7, 11) is 0. The van der Waals surface area contributed by atoms with Crippen LogP contribution >= 0.6 is 0 Å². The van der Waals surface area contributed by atoms with Crippen LogP contribution in [0.2, 0.25) is 0 Å². The molecule has 5 heteroatoms. The lowest BCUT2D eigenvalue weighted by atomic mass is 10.2. The van der Waals surface area contributed by atoms with E-state index in [0.29, 0.717) is 0 Å². The number of nitrogens with zero attached hydrogens (tertiary/aromatic N) is 2. The zero-order chi connectivity index (χ0) is 12.1. The van der Waals surface area contributed by atoms with Gasteiger partial charge in [-0.15, -0.1) is 0 Å². The van der Waals surface area contributed by atoms with Gasteiger partial charge in [0.05, 0.1) is 11.9 Å². The number of carboxylic acid groups (broad SMARTS) is 1. The van der Waals surface area contributed by atoms with Crippen LogP contribution in [0.15, 0.2) is 47.7 Å². The SMILES string of the molecule is O=C(O)/C=C/c1ccc(N2N=CC=CN2)cc1. The van der Waals surface area contributed by atoms with Gasteiger partial charge in [-0.25, -0.2) is 4.79 Å². The summed E-state index contributed by atoms with van der Waals surface area (Å²) in [6, 6.07) is 7.35. The molecule has 0 amide bonds. The van der Waals surface area contributed by atoms with Crippen LogP contribution in [-0.4, -0.2) is 17.3 Å². The lowest BCUT2D eigenvalue weighted by Crippen LogP contribution is -2.30. The maximum atomic E-state index is 10.4. The molecule has 1 heterocycles. The summed E-state index contributed by atoms with van der Waals surface area (Å²) in [5.74, 6) is -0.957. The first-order chi connectivity index (χ1) is 8.25. The number of hydrazone groups is 1. The van der Waals surface area contributed by atoms with Crippen molar-refractivity contribution in [3.8, 4) is 0 Å². The zero-order valence-electron chi connectivity index (χ0n) is 8.95. The maximum absolute atomic E-state index is 10.4. The molecule has 0 unspecified atom stereocenters. The molecule has 0 aromatic heterocycles. The third-order valence-electron chi connectivity index (χ3n) is 2.12. The number of benzene rings is 1. The predicted octanol–water partition coefficient (Wildman–Crippen LogP) is 1.61. The number of hydrogen-bond donors (Lipinski definition) is 2. The first-order valence-electron chi connectivity index (χ1n) is 5.02. The minimum atomic E-state index is -0.957. The Morgan fingerprint density at radius 1 is 1.35 bits per heavy atom. The Morgan fingerprint density at radius 2 is 2.12 bits per heavy atom. The number of allylic oxidation sites excluding steroid dienone is 1. The van der Waals surface area contributed by atoms with Gasteiger partial charge in [0.1, 0.15) is 0 Å². The molecule has 0 saturated heterocycles. The van der Waals surface area contributed by atoms with Gasteiger partial charge in [-0.05, 0) is 29.8 Å². The van der Waals surface area contributed by atoms with Gasteiger partial charge in [0.2, 0.25) is 0 Å². The van der Waals surface area contributed by atoms with E-state index in [2.05, 4.69) is 10.5 Å². The zero-order valence-corrected chi connectivity index (χ0v) is 8.95. The molecule has 1 aliphatic rings. The molecule has 5 nitrogen and oxygen atoms in total. The summed E-state index contributed by atoms with van der Waals surface area (Å²) in [6.45, 7) is 0. The van der Waals surface area contributed by atoms with Crippen LogP contribution in [0.3, 0.4) is 0 Å². The van der Waals surface area contributed by atoms with Gasteiger partial charge >= 0.3 is 5.97 Å². The highest BCUT2D eigenvalue weighted by Crippen LogP contribution is 2.15. The summed E-state index contributed by atoms with van der Waals surface area (Å²) in [5, 5.41) is 14.2. The molecule has 1 aliphatic heterocycles. The van der Waals surface area contributed by atoms with E-state index in [9.17, 15) is 4.79 Å². The Bertz CT molecular complexity index is 489. The summed E-state index contributed by atoms with van der Waals surface area (Å²) in [6.07, 6.45) is 7.88. The molecule has 0 fully saturated rings. The van der Waals surface area contributed by atoms with Crippen LogP contribution in [0, 0.1) is 0 Å². The number of carbonyl (C=O) groups is 1. The Hall–Kier alpha value is -2.56. The molecule has 0 aliphatic carbocycles. The van der Waals surface area contributed by atoms with Gasteiger partial charge in [-0.3, -0.25) is 5.43 Å². The van der Waals surface area contributed by atoms with E-state index in [1.807, 2.05) is 24.3 Å². The highest BCUT2D eigenvalue weighted by molar-refractivity contribution is 5.85. The minimum absolute atomic E-state index is 0.827. The van der Waals surface area contributed by atoms with Crippen LogP contribution in [0.5, 0.6) is 0 Å². The third kappa shape index (κ3) is 2.94. The van der Waals surface area contributed by atoms with E-state index in [1.165, 1.54) is 0 Å². The highest BCUT2D eigenvalue weighted by Gasteiger charge is 2.02. The second-order valence-electron chi connectivity index (χ2n) is 3.33. The van der Waals surface area contributed by atoms with Crippen molar-refractivity contribution < 1.29 is 9.90 Å². The van der Waals surface area contributed by atoms with E-state index in [1.54, 1.807) is 29.7 Å². The molecule has 0 spiro atoms. The quantitative estimate of drug-likeness (QED) is 0.773. The predicted molar refractivity (Wildman–Crippen MR) is 66.4 cm³/mol. The standard InChI is InChI=1S/C12H11N3O2/c16-12(17)7-4-10-2-5-11(6-3-10)15-13-8-1-9-14-15/h1-9,13H,(H,16,17)/b7-4+. The monoisotopic (exact) mass is 229 g/mol. The van der Waals surface area contributed by atoms with Gasteiger partial charge in [-0.2, -0.15) is 10.2 Å². The lowest BCUT2D eigenvalue weighted by molar-refractivity contribution is -0.131. The van der Waals surface area contributed by atoms with Crippen LogP contribution in [0.25, 0.3) is 6.08 Å². The average Bonchev–Trinajstić information content (AvgIpc) is 2.38. The second-order valence-corrected chi connectivity index (χ2v) is 3.33. The van der Waals surface area contributed by atoms with E-state index < -0.39 is 5.97 Å². The van der Waals surface area contributed by atoms with Gasteiger partial charge < -0.3 is 5.11 Å². The van der Waals surface area contributed by atoms with Crippen molar-refractivity contribution in [3.05, 3.63) is 48.2 Å². The number of carboxylic acids is 1. The van der Waals surface area contributed by atoms with Crippen molar-refractivity contribution in [3.63, 3.8) is 0 Å². The number of nitrogens with one attached hydrogen (secondary N) is 1. The van der Waals surface area contributed by atoms with Gasteiger partial charge in [0.15, 0.2) is 0 Å². The smallest absolute Gasteiger partial charge is 0.328 e. The van der Waals surface area contributed by atoms with Crippen molar-refractivity contribution in [2.75, 3.05) is 5.12 Å². The van der Waals surface area contributed by atoms with Crippen LogP contribution in [-0.2, 0) is 4.79 Å². The van der Waals surface area contributed by atoms with E-state index >= 15 is 0 Å². The minimum Gasteiger partial charge on any atom is -0.478 e. The summed E-state index contributed by atoms with van der Waals surface area (Å²) in [4.78, 5) is 10.4. The Morgan fingerprint density at radius 3 is 2.71 bits per heavy atom. The fraction of sp³-hybridized carbons (Fsp3) is 0. The first-order valence-corrected chi connectivity index (χ1v) is 5.02. The second kappa shape index (κ2) is 4.98. The third-order valence-corrected chi connectivity index (χ3v) is 2.12. The van der Waals surface area contributed by atoms with E-state index in [0.717, 1.165) is 17.3 Å². The molecular formula is C12H11N3O2. The van der Waals surface area contributed by atoms with E-state index in [4.69, 9.17) is 5.11 Å². The molecule has 1 aromatic carbocycles.